The molecular formula is C32H58N6O6. The van der Waals surface area contributed by atoms with E-state index in [9.17, 15) is 28.8 Å². The zero-order valence-corrected chi connectivity index (χ0v) is 28.8. The van der Waals surface area contributed by atoms with Gasteiger partial charge in [0.2, 0.25) is 23.5 Å². The highest BCUT2D eigenvalue weighted by Gasteiger charge is 2.44. The molecule has 1 heterocycles. The van der Waals surface area contributed by atoms with Gasteiger partial charge in [0.25, 0.3) is 5.91 Å². The summed E-state index contributed by atoms with van der Waals surface area (Å²) >= 11 is 0. The fourth-order valence-corrected chi connectivity index (χ4v) is 4.34. The number of nitrogens with zero attached hydrogens (tertiary/aromatic N) is 2. The van der Waals surface area contributed by atoms with Crippen molar-refractivity contribution >= 4 is 35.4 Å². The van der Waals surface area contributed by atoms with Gasteiger partial charge in [-0.15, -0.1) is 6.58 Å². The van der Waals surface area contributed by atoms with Gasteiger partial charge < -0.3 is 31.1 Å². The lowest BCUT2D eigenvalue weighted by atomic mass is 9.85. The lowest BCUT2D eigenvalue weighted by Gasteiger charge is -2.35. The molecule has 6 amide bonds. The first kappa shape index (κ1) is 40.6. The van der Waals surface area contributed by atoms with E-state index in [4.69, 9.17) is 0 Å². The van der Waals surface area contributed by atoms with Crippen LogP contribution in [0.1, 0.15) is 88.5 Å². The maximum atomic E-state index is 13.8. The van der Waals surface area contributed by atoms with Crippen molar-refractivity contribution in [3.05, 3.63) is 12.7 Å². The van der Waals surface area contributed by atoms with E-state index in [-0.39, 0.29) is 43.9 Å². The standard InChI is InChI=1S/C28H48N6O6.C4H10/c1-10-12-19(22(36)25(38)29-13-11-2)31-24(37)20-14-18(5)16-34(20)26(39)23(28(6,7)8)32-27(40)30-15-21(35)33(9)17(3)4;1-4(2)3/h11,17-20,23H,2,10,12-16H2,1,3-9H3,(H,29,38)(H,31,37)(H2,30,32,40);4H,1-3H3/t18-,19?,20?,23-;/m1./s1. The zero-order valence-electron chi connectivity index (χ0n) is 28.8. The molecule has 44 heavy (non-hydrogen) atoms. The third kappa shape index (κ3) is 13.9. The number of likely N-dealkylation sites (N-methyl/N-ethyl adjacent to an activating group) is 1. The molecule has 0 saturated carbocycles. The summed E-state index contributed by atoms with van der Waals surface area (Å²) < 4.78 is 0. The van der Waals surface area contributed by atoms with Crippen LogP contribution < -0.4 is 21.3 Å². The number of carbonyl (C=O) groups excluding carboxylic acids is 6. The van der Waals surface area contributed by atoms with Crippen molar-refractivity contribution in [1.82, 2.24) is 31.1 Å². The molecule has 1 saturated heterocycles. The lowest BCUT2D eigenvalue weighted by Crippen LogP contribution is -2.60. The first-order chi connectivity index (χ1) is 20.3. The number of ketones is 1. The van der Waals surface area contributed by atoms with Crippen molar-refractivity contribution in [1.29, 1.82) is 0 Å². The number of amides is 6. The quantitative estimate of drug-likeness (QED) is 0.183. The van der Waals surface area contributed by atoms with E-state index in [0.29, 0.717) is 12.8 Å². The van der Waals surface area contributed by atoms with Crippen molar-refractivity contribution < 1.29 is 28.8 Å². The van der Waals surface area contributed by atoms with Crippen LogP contribution in [0.15, 0.2) is 12.7 Å². The summed E-state index contributed by atoms with van der Waals surface area (Å²) in [4.78, 5) is 80.0. The summed E-state index contributed by atoms with van der Waals surface area (Å²) in [7, 11) is 1.64. The van der Waals surface area contributed by atoms with E-state index in [0.717, 1.165) is 5.92 Å². The smallest absolute Gasteiger partial charge is 0.315 e. The highest BCUT2D eigenvalue weighted by molar-refractivity contribution is 6.38. The predicted octanol–water partition coefficient (Wildman–Crippen LogP) is 2.62. The molecule has 0 aliphatic carbocycles. The average molecular weight is 623 g/mol. The molecule has 0 bridgehead atoms. The van der Waals surface area contributed by atoms with Gasteiger partial charge in [0, 0.05) is 26.2 Å². The average Bonchev–Trinajstić information content (AvgIpc) is 3.32. The Hall–Kier alpha value is -3.44. The van der Waals surface area contributed by atoms with Gasteiger partial charge in [-0.1, -0.05) is 67.9 Å². The van der Waals surface area contributed by atoms with Gasteiger partial charge in [-0.05, 0) is 43.9 Å². The molecule has 1 rings (SSSR count). The van der Waals surface area contributed by atoms with Crippen molar-refractivity contribution in [2.24, 2.45) is 17.3 Å². The van der Waals surface area contributed by atoms with Crippen LogP contribution in [0.3, 0.4) is 0 Å². The number of nitrogens with one attached hydrogen (secondary N) is 4. The maximum Gasteiger partial charge on any atom is 0.315 e. The van der Waals surface area contributed by atoms with Gasteiger partial charge >= 0.3 is 6.03 Å². The fraction of sp³-hybridized carbons (Fsp3) is 0.750. The van der Waals surface area contributed by atoms with Crippen LogP contribution in [0.4, 0.5) is 4.79 Å². The van der Waals surface area contributed by atoms with Gasteiger partial charge in [-0.3, -0.25) is 24.0 Å². The van der Waals surface area contributed by atoms with Crippen molar-refractivity contribution in [3.63, 3.8) is 0 Å². The van der Waals surface area contributed by atoms with E-state index in [2.05, 4.69) is 48.6 Å². The summed E-state index contributed by atoms with van der Waals surface area (Å²) in [5.41, 5.74) is -0.718. The zero-order chi connectivity index (χ0) is 34.4. The molecule has 12 nitrogen and oxygen atoms in total. The molecule has 4 N–H and O–H groups in total. The monoisotopic (exact) mass is 622 g/mol. The molecule has 1 fully saturated rings. The highest BCUT2D eigenvalue weighted by atomic mass is 16.2. The Labute approximate surface area is 264 Å². The van der Waals surface area contributed by atoms with Crippen molar-refractivity contribution in [3.8, 4) is 0 Å². The van der Waals surface area contributed by atoms with Gasteiger partial charge in [0.1, 0.15) is 12.1 Å². The second-order valence-electron chi connectivity index (χ2n) is 13.5. The topological polar surface area (TPSA) is 157 Å². The van der Waals surface area contributed by atoms with E-state index >= 15 is 0 Å². The normalized spacial score (nSPS) is 17.5. The van der Waals surface area contributed by atoms with Gasteiger partial charge in [-0.2, -0.15) is 0 Å². The molecule has 0 spiro atoms. The second-order valence-corrected chi connectivity index (χ2v) is 13.5. The molecule has 1 aliphatic heterocycles. The molecule has 2 unspecified atom stereocenters. The molecule has 0 aromatic carbocycles. The Morgan fingerprint density at radius 1 is 1.00 bits per heavy atom. The minimum Gasteiger partial charge on any atom is -0.346 e. The van der Waals surface area contributed by atoms with Crippen molar-refractivity contribution in [2.75, 3.05) is 26.7 Å². The van der Waals surface area contributed by atoms with Crippen LogP contribution >= 0.6 is 0 Å². The molecule has 252 valence electrons. The number of carbonyl (C=O) groups is 6. The Morgan fingerprint density at radius 2 is 1.57 bits per heavy atom. The second kappa shape index (κ2) is 19.1. The van der Waals surface area contributed by atoms with E-state index < -0.39 is 53.1 Å². The fourth-order valence-electron chi connectivity index (χ4n) is 4.34. The molecule has 12 heteroatoms. The number of hydrogen-bond donors (Lipinski definition) is 4. The molecule has 0 aromatic heterocycles. The van der Waals surface area contributed by atoms with Crippen LogP contribution in [0.2, 0.25) is 0 Å². The first-order valence-corrected chi connectivity index (χ1v) is 15.6. The van der Waals surface area contributed by atoms with Crippen LogP contribution in [0, 0.1) is 17.3 Å². The number of rotatable bonds is 13. The van der Waals surface area contributed by atoms with Crippen LogP contribution in [0.5, 0.6) is 0 Å². The summed E-state index contributed by atoms with van der Waals surface area (Å²) in [5.74, 6) is -1.99. The summed E-state index contributed by atoms with van der Waals surface area (Å²) in [6, 6.07) is -3.61. The third-order valence-corrected chi connectivity index (χ3v) is 6.89. The van der Waals surface area contributed by atoms with Gasteiger partial charge in [0.05, 0.1) is 12.6 Å². The minimum atomic E-state index is -1.03. The van der Waals surface area contributed by atoms with Gasteiger partial charge in [-0.25, -0.2) is 4.79 Å². The maximum absolute atomic E-state index is 13.8. The highest BCUT2D eigenvalue weighted by Crippen LogP contribution is 2.28. The Bertz CT molecular complexity index is 1000. The molecule has 0 radical (unpaired) electrons. The summed E-state index contributed by atoms with van der Waals surface area (Å²) in [6.07, 6.45) is 2.63. The predicted molar refractivity (Wildman–Crippen MR) is 173 cm³/mol. The summed E-state index contributed by atoms with van der Waals surface area (Å²) in [6.45, 7) is 23.0. The van der Waals surface area contributed by atoms with E-state index in [1.807, 2.05) is 27.7 Å². The summed E-state index contributed by atoms with van der Waals surface area (Å²) in [5, 5.41) is 10.3. The van der Waals surface area contributed by atoms with Crippen LogP contribution in [-0.2, 0) is 24.0 Å². The Morgan fingerprint density at radius 3 is 2.05 bits per heavy atom. The number of likely N-dealkylation sites (tertiary alicyclic amines) is 1. The van der Waals surface area contributed by atoms with Crippen LogP contribution in [0.25, 0.3) is 0 Å². The van der Waals surface area contributed by atoms with Crippen LogP contribution in [-0.4, -0.2) is 96.1 Å². The minimum absolute atomic E-state index is 0.00504. The number of urea groups is 1. The lowest BCUT2D eigenvalue weighted by molar-refractivity contribution is -0.143. The molecule has 0 aromatic rings. The Balaban J connectivity index is 0.00000433. The Kier molecular flexibility index (Phi) is 17.6. The third-order valence-electron chi connectivity index (χ3n) is 6.89. The number of Topliss-reactive ketones (excluding diaryl/α,β-unsaturated/α-hetero) is 1. The number of hydrogen-bond acceptors (Lipinski definition) is 6. The molecule has 4 atom stereocenters. The molecular weight excluding hydrogens is 564 g/mol. The van der Waals surface area contributed by atoms with E-state index in [1.165, 1.54) is 15.9 Å². The van der Waals surface area contributed by atoms with E-state index in [1.54, 1.807) is 27.8 Å². The largest absolute Gasteiger partial charge is 0.346 e. The van der Waals surface area contributed by atoms with Gasteiger partial charge in [0.15, 0.2) is 0 Å². The first-order valence-electron chi connectivity index (χ1n) is 15.6. The SMILES string of the molecule is C=CCNC(=O)C(=O)C(CCC)NC(=O)C1C[C@@H](C)CN1C(=O)[C@@H](NC(=O)NCC(=O)N(C)C(C)C)C(C)(C)C.CC(C)C. The molecule has 1 aliphatic rings. The van der Waals surface area contributed by atoms with Crippen molar-refractivity contribution in [2.45, 2.75) is 113 Å².